The van der Waals surface area contributed by atoms with Crippen LogP contribution in [0.1, 0.15) is 63.3 Å². The molecule has 1 heterocycles. The van der Waals surface area contributed by atoms with Gasteiger partial charge in [0.25, 0.3) is 0 Å². The summed E-state index contributed by atoms with van der Waals surface area (Å²) in [5.74, 6) is 0. The van der Waals surface area contributed by atoms with Crippen molar-refractivity contribution in [3.63, 3.8) is 0 Å². The van der Waals surface area contributed by atoms with Gasteiger partial charge in [0.1, 0.15) is 6.10 Å². The smallest absolute Gasteiger partial charge is 0.113 e. The summed E-state index contributed by atoms with van der Waals surface area (Å²) in [6.07, 6.45) is 2.46. The SMILES string of the molecule is CCCC1ON(C(C)(C)C)c2c(C)ccc(C)c21. The number of hydrogen-bond donors (Lipinski definition) is 0. The maximum Gasteiger partial charge on any atom is 0.113 e. The van der Waals surface area contributed by atoms with Crippen molar-refractivity contribution < 1.29 is 4.84 Å². The van der Waals surface area contributed by atoms with Crippen LogP contribution in [-0.4, -0.2) is 5.54 Å². The normalized spacial score (nSPS) is 19.2. The first kappa shape index (κ1) is 13.4. The van der Waals surface area contributed by atoms with Crippen LogP contribution in [0, 0.1) is 13.8 Å². The Morgan fingerprint density at radius 3 is 2.33 bits per heavy atom. The molecule has 1 unspecified atom stereocenters. The molecular weight excluding hydrogens is 222 g/mol. The molecule has 1 aliphatic rings. The van der Waals surface area contributed by atoms with Gasteiger partial charge < -0.3 is 0 Å². The van der Waals surface area contributed by atoms with Crippen molar-refractivity contribution in [3.05, 3.63) is 28.8 Å². The first-order valence-electron chi connectivity index (χ1n) is 6.93. The lowest BCUT2D eigenvalue weighted by Gasteiger charge is -2.33. The van der Waals surface area contributed by atoms with Gasteiger partial charge in [-0.3, -0.25) is 4.84 Å². The van der Waals surface area contributed by atoms with E-state index in [1.54, 1.807) is 0 Å². The summed E-state index contributed by atoms with van der Waals surface area (Å²) >= 11 is 0. The first-order chi connectivity index (χ1) is 8.36. The molecule has 1 aromatic carbocycles. The van der Waals surface area contributed by atoms with Crippen LogP contribution in [0.4, 0.5) is 5.69 Å². The molecule has 0 N–H and O–H groups in total. The average Bonchev–Trinajstić information content (AvgIpc) is 2.65. The maximum absolute atomic E-state index is 6.23. The van der Waals surface area contributed by atoms with Gasteiger partial charge in [-0.2, -0.15) is 0 Å². The molecule has 0 aromatic heterocycles. The van der Waals surface area contributed by atoms with Crippen molar-refractivity contribution in [3.8, 4) is 0 Å². The topological polar surface area (TPSA) is 12.5 Å². The zero-order valence-electron chi connectivity index (χ0n) is 12.5. The lowest BCUT2D eigenvalue weighted by Crippen LogP contribution is -2.39. The third-order valence-corrected chi connectivity index (χ3v) is 3.55. The lowest BCUT2D eigenvalue weighted by molar-refractivity contribution is 0.0169. The number of hydroxylamine groups is 1. The van der Waals surface area contributed by atoms with E-state index in [1.807, 2.05) is 0 Å². The highest BCUT2D eigenvalue weighted by Crippen LogP contribution is 2.46. The standard InChI is InChI=1S/C16H25NO/c1-7-8-13-14-11(2)9-10-12(3)15(14)17(18-13)16(4,5)6/h9-10,13H,7-8H2,1-6H3. The quantitative estimate of drug-likeness (QED) is 0.751. The number of anilines is 1. The van der Waals surface area contributed by atoms with Crippen LogP contribution < -0.4 is 5.06 Å². The van der Waals surface area contributed by atoms with Crippen LogP contribution in [0.25, 0.3) is 0 Å². The number of hydrogen-bond acceptors (Lipinski definition) is 2. The van der Waals surface area contributed by atoms with Gasteiger partial charge in [-0.15, -0.1) is 0 Å². The second-order valence-electron chi connectivity index (χ2n) is 6.31. The summed E-state index contributed by atoms with van der Waals surface area (Å²) < 4.78 is 0. The van der Waals surface area contributed by atoms with Gasteiger partial charge in [0.15, 0.2) is 0 Å². The fraction of sp³-hybridized carbons (Fsp3) is 0.625. The number of benzene rings is 1. The molecule has 100 valence electrons. The van der Waals surface area contributed by atoms with Gasteiger partial charge in [-0.1, -0.05) is 25.5 Å². The van der Waals surface area contributed by atoms with Crippen LogP contribution in [0.2, 0.25) is 0 Å². The Labute approximate surface area is 111 Å². The number of aryl methyl sites for hydroxylation is 2. The van der Waals surface area contributed by atoms with Gasteiger partial charge in [0, 0.05) is 5.56 Å². The Bertz CT molecular complexity index is 445. The summed E-state index contributed by atoms with van der Waals surface area (Å²) in [5, 5.41) is 2.12. The molecule has 2 nitrogen and oxygen atoms in total. The highest BCUT2D eigenvalue weighted by molar-refractivity contribution is 5.64. The van der Waals surface area contributed by atoms with Crippen molar-refractivity contribution in [2.75, 3.05) is 5.06 Å². The monoisotopic (exact) mass is 247 g/mol. The van der Waals surface area contributed by atoms with E-state index in [1.165, 1.54) is 22.4 Å². The summed E-state index contributed by atoms with van der Waals surface area (Å²) in [5.41, 5.74) is 5.34. The van der Waals surface area contributed by atoms with Crippen LogP contribution >= 0.6 is 0 Å². The van der Waals surface area contributed by atoms with E-state index < -0.39 is 0 Å². The molecule has 18 heavy (non-hydrogen) atoms. The second kappa shape index (κ2) is 4.58. The van der Waals surface area contributed by atoms with Crippen molar-refractivity contribution in [1.29, 1.82) is 0 Å². The molecule has 0 radical (unpaired) electrons. The van der Waals surface area contributed by atoms with E-state index in [4.69, 9.17) is 4.84 Å². The Morgan fingerprint density at radius 2 is 1.78 bits per heavy atom. The Kier molecular flexibility index (Phi) is 3.41. The van der Waals surface area contributed by atoms with Crippen molar-refractivity contribution in [2.24, 2.45) is 0 Å². The Hall–Kier alpha value is -1.02. The first-order valence-corrected chi connectivity index (χ1v) is 6.93. The summed E-state index contributed by atoms with van der Waals surface area (Å²) in [6.45, 7) is 13.2. The van der Waals surface area contributed by atoms with Gasteiger partial charge in [0.05, 0.1) is 11.2 Å². The van der Waals surface area contributed by atoms with E-state index in [9.17, 15) is 0 Å². The highest BCUT2D eigenvalue weighted by Gasteiger charge is 2.37. The molecule has 0 aliphatic carbocycles. The van der Waals surface area contributed by atoms with Gasteiger partial charge in [-0.05, 0) is 52.2 Å². The van der Waals surface area contributed by atoms with Gasteiger partial charge >= 0.3 is 0 Å². The fourth-order valence-corrected chi connectivity index (χ4v) is 2.68. The average molecular weight is 247 g/mol. The number of nitrogens with zero attached hydrogens (tertiary/aromatic N) is 1. The summed E-state index contributed by atoms with van der Waals surface area (Å²) in [6, 6.07) is 4.41. The van der Waals surface area contributed by atoms with E-state index in [0.717, 1.165) is 12.8 Å². The summed E-state index contributed by atoms with van der Waals surface area (Å²) in [7, 11) is 0. The number of fused-ring (bicyclic) bond motifs is 1. The molecular formula is C16H25NO. The molecule has 0 saturated heterocycles. The predicted molar refractivity (Wildman–Crippen MR) is 76.9 cm³/mol. The minimum atomic E-state index is -0.00417. The van der Waals surface area contributed by atoms with Crippen LogP contribution in [-0.2, 0) is 4.84 Å². The minimum Gasteiger partial charge on any atom is -0.265 e. The largest absolute Gasteiger partial charge is 0.265 e. The fourth-order valence-electron chi connectivity index (χ4n) is 2.68. The Balaban J connectivity index is 2.54. The molecule has 1 aromatic rings. The second-order valence-corrected chi connectivity index (χ2v) is 6.31. The molecule has 2 heteroatoms. The third kappa shape index (κ3) is 2.14. The third-order valence-electron chi connectivity index (χ3n) is 3.55. The molecule has 1 aliphatic heterocycles. The molecule has 0 bridgehead atoms. The van der Waals surface area contributed by atoms with E-state index in [2.05, 4.69) is 58.7 Å². The van der Waals surface area contributed by atoms with Crippen molar-refractivity contribution in [2.45, 2.75) is 66.0 Å². The molecule has 1 atom stereocenters. The zero-order chi connectivity index (χ0) is 13.5. The lowest BCUT2D eigenvalue weighted by atomic mass is 9.95. The van der Waals surface area contributed by atoms with Crippen LogP contribution in [0.3, 0.4) is 0 Å². The van der Waals surface area contributed by atoms with Gasteiger partial charge in [-0.25, -0.2) is 5.06 Å². The Morgan fingerprint density at radius 1 is 1.17 bits per heavy atom. The number of rotatable bonds is 2. The minimum absolute atomic E-state index is 0.00417. The van der Waals surface area contributed by atoms with Crippen LogP contribution in [0.5, 0.6) is 0 Å². The maximum atomic E-state index is 6.23. The predicted octanol–water partition coefficient (Wildman–Crippen LogP) is 4.69. The molecule has 2 rings (SSSR count). The van der Waals surface area contributed by atoms with E-state index in [0.29, 0.717) is 0 Å². The van der Waals surface area contributed by atoms with E-state index >= 15 is 0 Å². The van der Waals surface area contributed by atoms with Crippen LogP contribution in [0.15, 0.2) is 12.1 Å². The van der Waals surface area contributed by atoms with Crippen molar-refractivity contribution >= 4 is 5.69 Å². The van der Waals surface area contributed by atoms with Crippen molar-refractivity contribution in [1.82, 2.24) is 0 Å². The molecule has 0 amide bonds. The molecule has 0 spiro atoms. The van der Waals surface area contributed by atoms with Gasteiger partial charge in [0.2, 0.25) is 0 Å². The highest BCUT2D eigenvalue weighted by atomic mass is 16.7. The summed E-state index contributed by atoms with van der Waals surface area (Å²) in [4.78, 5) is 6.23. The molecule has 0 saturated carbocycles. The van der Waals surface area contributed by atoms with E-state index in [-0.39, 0.29) is 11.6 Å². The molecule has 0 fully saturated rings. The zero-order valence-corrected chi connectivity index (χ0v) is 12.5.